The van der Waals surface area contributed by atoms with E-state index in [1.54, 1.807) is 32.9 Å². The summed E-state index contributed by atoms with van der Waals surface area (Å²) in [5.41, 5.74) is -0.176. The maximum atomic E-state index is 12.5. The van der Waals surface area contributed by atoms with Gasteiger partial charge < -0.3 is 14.9 Å². The van der Waals surface area contributed by atoms with Crippen LogP contribution < -0.4 is 5.32 Å². The number of benzene rings is 1. The van der Waals surface area contributed by atoms with E-state index in [0.717, 1.165) is 6.42 Å². The standard InChI is InChI=1S/C20H24N2O6/c1-20(2,3)27-19(26)21-13-8-6-7-12(11-13)18(25)28-22-16(23)14-9-4-5-10-15(14)17(22)24/h4-5,9-10,12-13H,6-8,11H2,1-3H3,(H,21,26)/t12-,13+/m1/s1. The third-order valence-corrected chi connectivity index (χ3v) is 4.67. The SMILES string of the molecule is CC(C)(C)OC(=O)N[C@H]1CCC[C@@H](C(=O)ON2C(=O)c3ccccc3C2=O)C1. The van der Waals surface area contributed by atoms with Crippen molar-refractivity contribution in [3.05, 3.63) is 35.4 Å². The van der Waals surface area contributed by atoms with E-state index in [1.165, 1.54) is 12.1 Å². The van der Waals surface area contributed by atoms with Crippen molar-refractivity contribution in [2.45, 2.75) is 58.1 Å². The second-order valence-corrected chi connectivity index (χ2v) is 8.07. The van der Waals surface area contributed by atoms with E-state index in [4.69, 9.17) is 9.57 Å². The van der Waals surface area contributed by atoms with Gasteiger partial charge in [-0.05, 0) is 52.2 Å². The largest absolute Gasteiger partial charge is 0.444 e. The molecular weight excluding hydrogens is 364 g/mol. The Morgan fingerprint density at radius 2 is 1.68 bits per heavy atom. The minimum absolute atomic E-state index is 0.216. The normalized spacial score (nSPS) is 21.9. The summed E-state index contributed by atoms with van der Waals surface area (Å²) in [5, 5.41) is 3.29. The lowest BCUT2D eigenvalue weighted by atomic mass is 9.86. The van der Waals surface area contributed by atoms with Crippen LogP contribution in [-0.4, -0.2) is 40.6 Å². The molecule has 0 radical (unpaired) electrons. The molecule has 150 valence electrons. The van der Waals surface area contributed by atoms with Gasteiger partial charge in [0.25, 0.3) is 11.8 Å². The molecule has 0 spiro atoms. The average Bonchev–Trinajstić information content (AvgIpc) is 2.85. The number of rotatable bonds is 3. The molecule has 8 nitrogen and oxygen atoms in total. The van der Waals surface area contributed by atoms with Crippen molar-refractivity contribution < 1.29 is 28.8 Å². The average molecular weight is 388 g/mol. The van der Waals surface area contributed by atoms with Gasteiger partial charge in [0.2, 0.25) is 0 Å². The van der Waals surface area contributed by atoms with E-state index in [0.29, 0.717) is 24.3 Å². The minimum Gasteiger partial charge on any atom is -0.444 e. The van der Waals surface area contributed by atoms with E-state index in [-0.39, 0.29) is 17.2 Å². The van der Waals surface area contributed by atoms with Crippen molar-refractivity contribution in [1.29, 1.82) is 0 Å². The second-order valence-electron chi connectivity index (χ2n) is 8.07. The number of hydroxylamine groups is 2. The van der Waals surface area contributed by atoms with E-state index in [9.17, 15) is 19.2 Å². The lowest BCUT2D eigenvalue weighted by molar-refractivity contribution is -0.175. The molecule has 28 heavy (non-hydrogen) atoms. The molecule has 3 amide bonds. The third kappa shape index (κ3) is 4.32. The number of fused-ring (bicyclic) bond motifs is 1. The Labute approximate surface area is 163 Å². The maximum absolute atomic E-state index is 12.5. The highest BCUT2D eigenvalue weighted by Gasteiger charge is 2.40. The molecule has 1 saturated carbocycles. The smallest absolute Gasteiger partial charge is 0.407 e. The summed E-state index contributed by atoms with van der Waals surface area (Å²) in [6.45, 7) is 5.32. The molecule has 8 heteroatoms. The Morgan fingerprint density at radius 3 is 2.25 bits per heavy atom. The van der Waals surface area contributed by atoms with Crippen LogP contribution in [0.5, 0.6) is 0 Å². The Morgan fingerprint density at radius 1 is 1.07 bits per heavy atom. The number of hydrogen-bond acceptors (Lipinski definition) is 6. The fourth-order valence-corrected chi connectivity index (χ4v) is 3.42. The fraction of sp³-hybridized carbons (Fsp3) is 0.500. The van der Waals surface area contributed by atoms with E-state index >= 15 is 0 Å². The molecule has 1 fully saturated rings. The van der Waals surface area contributed by atoms with Crippen molar-refractivity contribution in [3.63, 3.8) is 0 Å². The van der Waals surface area contributed by atoms with Crippen molar-refractivity contribution in [2.75, 3.05) is 0 Å². The zero-order chi connectivity index (χ0) is 20.5. The Bertz CT molecular complexity index is 778. The molecule has 2 atom stereocenters. The van der Waals surface area contributed by atoms with E-state index in [1.807, 2.05) is 0 Å². The maximum Gasteiger partial charge on any atom is 0.407 e. The number of carbonyl (C=O) groups excluding carboxylic acids is 4. The Balaban J connectivity index is 1.58. The van der Waals surface area contributed by atoms with Crippen LogP contribution in [0.3, 0.4) is 0 Å². The van der Waals surface area contributed by atoms with Crippen LogP contribution in [0.2, 0.25) is 0 Å². The summed E-state index contributed by atoms with van der Waals surface area (Å²) < 4.78 is 5.24. The quantitative estimate of drug-likeness (QED) is 0.799. The molecular formula is C20H24N2O6. The Hall–Kier alpha value is -2.90. The minimum atomic E-state index is -0.648. The van der Waals surface area contributed by atoms with Crippen LogP contribution in [0.15, 0.2) is 24.3 Å². The van der Waals surface area contributed by atoms with Gasteiger partial charge in [-0.15, -0.1) is 0 Å². The third-order valence-electron chi connectivity index (χ3n) is 4.67. The summed E-state index contributed by atoms with van der Waals surface area (Å²) in [4.78, 5) is 54.3. The molecule has 1 aromatic carbocycles. The highest BCUT2D eigenvalue weighted by Crippen LogP contribution is 2.28. The number of alkyl carbamates (subject to hydrolysis) is 1. The van der Waals surface area contributed by atoms with Gasteiger partial charge in [-0.1, -0.05) is 23.6 Å². The zero-order valence-corrected chi connectivity index (χ0v) is 16.2. The van der Waals surface area contributed by atoms with Gasteiger partial charge in [0.15, 0.2) is 0 Å². The molecule has 0 aromatic heterocycles. The summed E-state index contributed by atoms with van der Waals surface area (Å²) in [6.07, 6.45) is 1.82. The van der Waals surface area contributed by atoms with Gasteiger partial charge in [0.1, 0.15) is 5.60 Å². The Kier molecular flexibility index (Phi) is 5.40. The van der Waals surface area contributed by atoms with E-state index < -0.39 is 35.4 Å². The lowest BCUT2D eigenvalue weighted by Crippen LogP contribution is -2.43. The second kappa shape index (κ2) is 7.61. The van der Waals surface area contributed by atoms with Crippen LogP contribution in [0, 0.1) is 5.92 Å². The van der Waals surface area contributed by atoms with Crippen LogP contribution in [0.1, 0.15) is 67.2 Å². The predicted octanol–water partition coefficient (Wildman–Crippen LogP) is 2.82. The molecule has 0 saturated heterocycles. The highest BCUT2D eigenvalue weighted by molar-refractivity contribution is 6.20. The van der Waals surface area contributed by atoms with Crippen LogP contribution in [0.4, 0.5) is 4.79 Å². The first-order chi connectivity index (χ1) is 13.2. The zero-order valence-electron chi connectivity index (χ0n) is 16.2. The topological polar surface area (TPSA) is 102 Å². The van der Waals surface area contributed by atoms with Crippen molar-refractivity contribution in [2.24, 2.45) is 5.92 Å². The molecule has 2 aliphatic rings. The van der Waals surface area contributed by atoms with Gasteiger partial charge in [0.05, 0.1) is 17.0 Å². The molecule has 1 N–H and O–H groups in total. The fourth-order valence-electron chi connectivity index (χ4n) is 3.42. The number of nitrogens with zero attached hydrogens (tertiary/aromatic N) is 1. The number of nitrogens with one attached hydrogen (secondary N) is 1. The molecule has 1 aromatic rings. The van der Waals surface area contributed by atoms with Crippen molar-refractivity contribution in [3.8, 4) is 0 Å². The van der Waals surface area contributed by atoms with Gasteiger partial charge in [-0.3, -0.25) is 9.59 Å². The summed E-state index contributed by atoms with van der Waals surface area (Å²) >= 11 is 0. The van der Waals surface area contributed by atoms with E-state index in [2.05, 4.69) is 5.32 Å². The van der Waals surface area contributed by atoms with Gasteiger partial charge in [0, 0.05) is 6.04 Å². The first kappa shape index (κ1) is 19.9. The molecule has 0 bridgehead atoms. The van der Waals surface area contributed by atoms with Gasteiger partial charge in [-0.25, -0.2) is 9.59 Å². The number of amides is 3. The number of hydrogen-bond donors (Lipinski definition) is 1. The first-order valence-electron chi connectivity index (χ1n) is 9.35. The number of carbonyl (C=O) groups is 4. The van der Waals surface area contributed by atoms with Crippen LogP contribution >= 0.6 is 0 Å². The molecule has 1 aliphatic carbocycles. The van der Waals surface area contributed by atoms with Gasteiger partial charge in [-0.2, -0.15) is 0 Å². The van der Waals surface area contributed by atoms with Crippen LogP contribution in [0.25, 0.3) is 0 Å². The lowest BCUT2D eigenvalue weighted by Gasteiger charge is -2.30. The van der Waals surface area contributed by atoms with Crippen LogP contribution in [-0.2, 0) is 14.4 Å². The van der Waals surface area contributed by atoms with Crippen molar-refractivity contribution >= 4 is 23.9 Å². The van der Waals surface area contributed by atoms with Gasteiger partial charge >= 0.3 is 12.1 Å². The molecule has 1 aliphatic heterocycles. The summed E-state index contributed by atoms with van der Waals surface area (Å²) in [6, 6.07) is 6.09. The molecule has 1 heterocycles. The number of ether oxygens (including phenoxy) is 1. The first-order valence-corrected chi connectivity index (χ1v) is 9.35. The predicted molar refractivity (Wildman–Crippen MR) is 98.1 cm³/mol. The molecule has 0 unspecified atom stereocenters. The monoisotopic (exact) mass is 388 g/mol. The highest BCUT2D eigenvalue weighted by atomic mass is 16.7. The molecule has 3 rings (SSSR count). The summed E-state index contributed by atoms with van der Waals surface area (Å²) in [7, 11) is 0. The number of imide groups is 1. The summed E-state index contributed by atoms with van der Waals surface area (Å²) in [5.74, 6) is -2.45. The van der Waals surface area contributed by atoms with Crippen molar-refractivity contribution in [1.82, 2.24) is 10.4 Å².